The third-order valence-electron chi connectivity index (χ3n) is 4.78. The first kappa shape index (κ1) is 17.1. The van der Waals surface area contributed by atoms with Gasteiger partial charge in [-0.2, -0.15) is 5.10 Å². The molecule has 0 radical (unpaired) electrons. The number of nitrogens with zero attached hydrogens (tertiary/aromatic N) is 5. The van der Waals surface area contributed by atoms with Crippen LogP contribution in [0.1, 0.15) is 28.9 Å². The lowest BCUT2D eigenvalue weighted by Crippen LogP contribution is -2.55. The normalized spacial score (nSPS) is 16.5. The Hall–Kier alpha value is -2.70. The summed E-state index contributed by atoms with van der Waals surface area (Å²) >= 11 is 0. The fourth-order valence-corrected chi connectivity index (χ4v) is 3.34. The Morgan fingerprint density at radius 3 is 2.44 bits per heavy atom. The SMILES string of the molecule is Cc1ccc(C(=O)N2CCC(C(=O)N(C)C)(n3cccn3)CC2)cn1. The van der Waals surface area contributed by atoms with Crippen LogP contribution in [0.2, 0.25) is 0 Å². The molecule has 3 heterocycles. The van der Waals surface area contributed by atoms with Gasteiger partial charge >= 0.3 is 0 Å². The van der Waals surface area contributed by atoms with E-state index in [9.17, 15) is 9.59 Å². The van der Waals surface area contributed by atoms with Crippen LogP contribution in [0.5, 0.6) is 0 Å². The number of carbonyl (C=O) groups is 2. The summed E-state index contributed by atoms with van der Waals surface area (Å²) in [6.07, 6.45) is 6.19. The van der Waals surface area contributed by atoms with Crippen molar-refractivity contribution >= 4 is 11.8 Å². The van der Waals surface area contributed by atoms with Crippen LogP contribution in [0.4, 0.5) is 0 Å². The monoisotopic (exact) mass is 341 g/mol. The van der Waals surface area contributed by atoms with Gasteiger partial charge in [0.15, 0.2) is 0 Å². The lowest BCUT2D eigenvalue weighted by atomic mass is 9.86. The van der Waals surface area contributed by atoms with Crippen LogP contribution in [0, 0.1) is 6.92 Å². The molecular weight excluding hydrogens is 318 g/mol. The molecule has 2 amide bonds. The summed E-state index contributed by atoms with van der Waals surface area (Å²) in [6, 6.07) is 5.45. The van der Waals surface area contributed by atoms with E-state index in [1.165, 1.54) is 0 Å². The maximum Gasteiger partial charge on any atom is 0.255 e. The number of pyridine rings is 1. The van der Waals surface area contributed by atoms with Crippen LogP contribution in [-0.2, 0) is 10.3 Å². The van der Waals surface area contributed by atoms with Crippen molar-refractivity contribution in [1.29, 1.82) is 0 Å². The zero-order valence-electron chi connectivity index (χ0n) is 14.8. The van der Waals surface area contributed by atoms with Gasteiger partial charge in [-0.1, -0.05) is 0 Å². The van der Waals surface area contributed by atoms with Crippen LogP contribution in [0.25, 0.3) is 0 Å². The zero-order chi connectivity index (χ0) is 18.0. The molecule has 1 aliphatic rings. The highest BCUT2D eigenvalue weighted by Gasteiger charge is 2.45. The number of likely N-dealkylation sites (tertiary alicyclic amines) is 1. The van der Waals surface area contributed by atoms with Gasteiger partial charge in [-0.05, 0) is 38.0 Å². The maximum absolute atomic E-state index is 12.9. The number of amides is 2. The molecule has 3 rings (SSSR count). The van der Waals surface area contributed by atoms with Gasteiger partial charge in [0, 0.05) is 51.5 Å². The number of likely N-dealkylation sites (N-methyl/N-ethyl adjacent to an activating group) is 1. The second-order valence-corrected chi connectivity index (χ2v) is 6.66. The highest BCUT2D eigenvalue weighted by atomic mass is 16.2. The average molecular weight is 341 g/mol. The van der Waals surface area contributed by atoms with Gasteiger partial charge in [-0.15, -0.1) is 0 Å². The van der Waals surface area contributed by atoms with E-state index in [2.05, 4.69) is 10.1 Å². The number of piperidine rings is 1. The number of hydrogen-bond donors (Lipinski definition) is 0. The molecule has 0 aliphatic carbocycles. The van der Waals surface area contributed by atoms with Crippen LogP contribution < -0.4 is 0 Å². The Labute approximate surface area is 147 Å². The van der Waals surface area contributed by atoms with E-state index in [1.807, 2.05) is 25.3 Å². The summed E-state index contributed by atoms with van der Waals surface area (Å²) in [5, 5.41) is 4.31. The number of hydrogen-bond acceptors (Lipinski definition) is 4. The maximum atomic E-state index is 12.9. The van der Waals surface area contributed by atoms with Crippen LogP contribution in [0.15, 0.2) is 36.8 Å². The van der Waals surface area contributed by atoms with Crippen molar-refractivity contribution in [2.24, 2.45) is 0 Å². The van der Waals surface area contributed by atoms with Crippen molar-refractivity contribution in [2.45, 2.75) is 25.3 Å². The summed E-state index contributed by atoms with van der Waals surface area (Å²) in [4.78, 5) is 33.1. The fourth-order valence-electron chi connectivity index (χ4n) is 3.34. The molecule has 0 aromatic carbocycles. The largest absolute Gasteiger partial charge is 0.347 e. The highest BCUT2D eigenvalue weighted by molar-refractivity contribution is 5.94. The highest BCUT2D eigenvalue weighted by Crippen LogP contribution is 2.32. The third kappa shape index (κ3) is 3.14. The molecular formula is C18H23N5O2. The first-order valence-electron chi connectivity index (χ1n) is 8.38. The number of aromatic nitrogens is 3. The van der Waals surface area contributed by atoms with Crippen molar-refractivity contribution in [3.05, 3.63) is 48.0 Å². The molecule has 2 aromatic heterocycles. The lowest BCUT2D eigenvalue weighted by Gasteiger charge is -2.42. The molecule has 132 valence electrons. The van der Waals surface area contributed by atoms with Gasteiger partial charge in [0.05, 0.1) is 5.56 Å². The van der Waals surface area contributed by atoms with E-state index >= 15 is 0 Å². The van der Waals surface area contributed by atoms with E-state index in [0.717, 1.165) is 5.69 Å². The standard InChI is InChI=1S/C18H23N5O2/c1-14-5-6-15(13-19-14)16(24)22-11-7-18(8-12-22,17(25)21(2)3)23-10-4-9-20-23/h4-6,9-10,13H,7-8,11-12H2,1-3H3. The van der Waals surface area contributed by atoms with Gasteiger partial charge in [-0.3, -0.25) is 19.3 Å². The van der Waals surface area contributed by atoms with Crippen LogP contribution in [-0.4, -0.2) is 63.6 Å². The average Bonchev–Trinajstić information content (AvgIpc) is 3.16. The van der Waals surface area contributed by atoms with Crippen molar-refractivity contribution in [1.82, 2.24) is 24.6 Å². The Kier molecular flexibility index (Phi) is 4.57. The van der Waals surface area contributed by atoms with E-state index in [-0.39, 0.29) is 11.8 Å². The zero-order valence-corrected chi connectivity index (χ0v) is 14.8. The summed E-state index contributed by atoms with van der Waals surface area (Å²) in [5.74, 6) is -0.0285. The summed E-state index contributed by atoms with van der Waals surface area (Å²) in [6.45, 7) is 2.90. The molecule has 0 N–H and O–H groups in total. The first-order chi connectivity index (χ1) is 11.9. The van der Waals surface area contributed by atoms with Crippen molar-refractivity contribution < 1.29 is 9.59 Å². The number of rotatable bonds is 3. The molecule has 0 unspecified atom stereocenters. The number of aryl methyl sites for hydroxylation is 1. The summed E-state index contributed by atoms with van der Waals surface area (Å²) in [5.41, 5.74) is 0.732. The van der Waals surface area contributed by atoms with Crippen molar-refractivity contribution in [3.63, 3.8) is 0 Å². The van der Waals surface area contributed by atoms with E-state index in [1.54, 1.807) is 47.0 Å². The minimum absolute atomic E-state index is 0.0142. The molecule has 1 fully saturated rings. The molecule has 7 nitrogen and oxygen atoms in total. The van der Waals surface area contributed by atoms with Gasteiger partial charge in [0.25, 0.3) is 5.91 Å². The van der Waals surface area contributed by atoms with E-state index in [0.29, 0.717) is 31.5 Å². The van der Waals surface area contributed by atoms with Crippen LogP contribution in [0.3, 0.4) is 0 Å². The van der Waals surface area contributed by atoms with Gasteiger partial charge in [-0.25, -0.2) is 0 Å². The van der Waals surface area contributed by atoms with Gasteiger partial charge < -0.3 is 9.80 Å². The Balaban J connectivity index is 1.79. The van der Waals surface area contributed by atoms with E-state index < -0.39 is 5.54 Å². The first-order valence-corrected chi connectivity index (χ1v) is 8.38. The molecule has 0 saturated carbocycles. The second-order valence-electron chi connectivity index (χ2n) is 6.66. The molecule has 0 bridgehead atoms. The van der Waals surface area contributed by atoms with Gasteiger partial charge in [0.1, 0.15) is 5.54 Å². The Morgan fingerprint density at radius 2 is 1.92 bits per heavy atom. The Morgan fingerprint density at radius 1 is 1.20 bits per heavy atom. The summed E-state index contributed by atoms with van der Waals surface area (Å²) in [7, 11) is 3.51. The second kappa shape index (κ2) is 6.66. The molecule has 0 spiro atoms. The predicted octanol–water partition coefficient (Wildman–Crippen LogP) is 1.31. The van der Waals surface area contributed by atoms with Crippen molar-refractivity contribution in [2.75, 3.05) is 27.2 Å². The minimum atomic E-state index is -0.727. The van der Waals surface area contributed by atoms with Gasteiger partial charge in [0.2, 0.25) is 5.91 Å². The number of carbonyl (C=O) groups excluding carboxylic acids is 2. The topological polar surface area (TPSA) is 71.3 Å². The lowest BCUT2D eigenvalue weighted by molar-refractivity contribution is -0.141. The Bertz CT molecular complexity index is 744. The van der Waals surface area contributed by atoms with Crippen molar-refractivity contribution in [3.8, 4) is 0 Å². The molecule has 2 aromatic rings. The summed E-state index contributed by atoms with van der Waals surface area (Å²) < 4.78 is 1.74. The van der Waals surface area contributed by atoms with Crippen LogP contribution >= 0.6 is 0 Å². The third-order valence-corrected chi connectivity index (χ3v) is 4.78. The fraction of sp³-hybridized carbons (Fsp3) is 0.444. The molecule has 7 heteroatoms. The molecule has 0 atom stereocenters. The quantitative estimate of drug-likeness (QED) is 0.844. The molecule has 1 aliphatic heterocycles. The smallest absolute Gasteiger partial charge is 0.255 e. The minimum Gasteiger partial charge on any atom is -0.347 e. The van der Waals surface area contributed by atoms with E-state index in [4.69, 9.17) is 0 Å². The molecule has 25 heavy (non-hydrogen) atoms. The molecule has 1 saturated heterocycles. The predicted molar refractivity (Wildman–Crippen MR) is 93.0 cm³/mol.